The molecule has 0 radical (unpaired) electrons. The van der Waals surface area contributed by atoms with Crippen LogP contribution >= 0.6 is 0 Å². The van der Waals surface area contributed by atoms with Gasteiger partial charge < -0.3 is 10.6 Å². The third kappa shape index (κ3) is 3.06. The van der Waals surface area contributed by atoms with Crippen molar-refractivity contribution in [1.82, 2.24) is 0 Å². The summed E-state index contributed by atoms with van der Waals surface area (Å²) in [4.78, 5) is 0. The molecule has 0 bridgehead atoms. The van der Waals surface area contributed by atoms with E-state index in [2.05, 4.69) is 59.2 Å². The Morgan fingerprint density at radius 1 is 0.500 bits per heavy atom. The van der Waals surface area contributed by atoms with Crippen molar-refractivity contribution in [3.8, 4) is 0 Å². The van der Waals surface area contributed by atoms with Crippen LogP contribution in [0.25, 0.3) is 10.8 Å². The van der Waals surface area contributed by atoms with Crippen molar-refractivity contribution < 1.29 is 0 Å². The van der Waals surface area contributed by atoms with Gasteiger partial charge >= 0.3 is 0 Å². The zero-order chi connectivity index (χ0) is 15.9. The molecule has 2 nitrogen and oxygen atoms in total. The average Bonchev–Trinajstić information content (AvgIpc) is 2.61. The molecule has 0 aromatic heterocycles. The van der Waals surface area contributed by atoms with E-state index in [1.165, 1.54) is 10.8 Å². The summed E-state index contributed by atoms with van der Waals surface area (Å²) in [5, 5.41) is 9.45. The minimum absolute atomic E-state index is 1.13. The maximum absolute atomic E-state index is 3.47. The summed E-state index contributed by atoms with van der Waals surface area (Å²) in [7, 11) is 0. The molecule has 0 aliphatic carbocycles. The summed E-state index contributed by atoms with van der Waals surface area (Å²) in [6.45, 7) is 8.00. The number of nitrogens with one attached hydrogen (secondary N) is 2. The van der Waals surface area contributed by atoms with E-state index in [0.29, 0.717) is 0 Å². The number of benzene rings is 3. The summed E-state index contributed by atoms with van der Waals surface area (Å²) >= 11 is 0. The van der Waals surface area contributed by atoms with E-state index >= 15 is 0 Å². The highest BCUT2D eigenvalue weighted by Gasteiger charge is 2.13. The standard InChI is InChI=1S/C16H12N2.2C2H6/c1-2-6-12-10-16-15(9-11(12)5-1)17-13-7-3-4-8-14(13)18-16;2*1-2/h1-10,17-18H;2*1-2H3. The second kappa shape index (κ2) is 7.51. The molecule has 0 atom stereocenters. The van der Waals surface area contributed by atoms with E-state index in [1.807, 2.05) is 39.8 Å². The van der Waals surface area contributed by atoms with E-state index in [-0.39, 0.29) is 0 Å². The molecule has 4 rings (SSSR count). The fourth-order valence-corrected chi connectivity index (χ4v) is 2.44. The zero-order valence-corrected chi connectivity index (χ0v) is 13.8. The van der Waals surface area contributed by atoms with E-state index < -0.39 is 0 Å². The van der Waals surface area contributed by atoms with Crippen LogP contribution in [0.1, 0.15) is 27.7 Å². The van der Waals surface area contributed by atoms with Crippen LogP contribution < -0.4 is 10.6 Å². The van der Waals surface area contributed by atoms with Crippen LogP contribution in [0, 0.1) is 0 Å². The Bertz CT molecular complexity index is 684. The first kappa shape index (κ1) is 15.9. The highest BCUT2D eigenvalue weighted by molar-refractivity contribution is 5.98. The smallest absolute Gasteiger partial charge is 0.0630 e. The van der Waals surface area contributed by atoms with Crippen LogP contribution in [0.3, 0.4) is 0 Å². The van der Waals surface area contributed by atoms with Gasteiger partial charge in [0.15, 0.2) is 0 Å². The number of fused-ring (bicyclic) bond motifs is 3. The largest absolute Gasteiger partial charge is 0.352 e. The van der Waals surface area contributed by atoms with Crippen molar-refractivity contribution in [1.29, 1.82) is 0 Å². The third-order valence-corrected chi connectivity index (χ3v) is 3.35. The van der Waals surface area contributed by atoms with Gasteiger partial charge in [0, 0.05) is 0 Å². The fourth-order valence-electron chi connectivity index (χ4n) is 2.44. The third-order valence-electron chi connectivity index (χ3n) is 3.35. The molecular formula is C20H24N2. The van der Waals surface area contributed by atoms with E-state index in [0.717, 1.165) is 22.7 Å². The number of rotatable bonds is 0. The fraction of sp³-hybridized carbons (Fsp3) is 0.200. The van der Waals surface area contributed by atoms with Crippen molar-refractivity contribution in [2.24, 2.45) is 0 Å². The van der Waals surface area contributed by atoms with Gasteiger partial charge in [0.25, 0.3) is 0 Å². The van der Waals surface area contributed by atoms with Crippen molar-refractivity contribution in [3.63, 3.8) is 0 Å². The minimum Gasteiger partial charge on any atom is -0.352 e. The van der Waals surface area contributed by atoms with E-state index in [4.69, 9.17) is 0 Å². The first-order valence-corrected chi connectivity index (χ1v) is 8.06. The molecule has 2 heteroatoms. The van der Waals surface area contributed by atoms with Crippen LogP contribution in [0.5, 0.6) is 0 Å². The molecule has 22 heavy (non-hydrogen) atoms. The first-order chi connectivity index (χ1) is 10.9. The van der Waals surface area contributed by atoms with Crippen LogP contribution in [-0.2, 0) is 0 Å². The Hall–Kier alpha value is -2.48. The van der Waals surface area contributed by atoms with Gasteiger partial charge in [-0.1, -0.05) is 64.1 Å². The van der Waals surface area contributed by atoms with Crippen LogP contribution in [-0.4, -0.2) is 0 Å². The first-order valence-electron chi connectivity index (χ1n) is 8.06. The molecule has 0 amide bonds. The SMILES string of the molecule is CC.CC.c1ccc2c(c1)Nc1cc3ccccc3cc1N2. The lowest BCUT2D eigenvalue weighted by atomic mass is 10.1. The average molecular weight is 292 g/mol. The van der Waals surface area contributed by atoms with Gasteiger partial charge in [0.05, 0.1) is 22.7 Å². The Morgan fingerprint density at radius 3 is 1.27 bits per heavy atom. The monoisotopic (exact) mass is 292 g/mol. The maximum Gasteiger partial charge on any atom is 0.0630 e. The lowest BCUT2D eigenvalue weighted by Crippen LogP contribution is -2.05. The van der Waals surface area contributed by atoms with Crippen molar-refractivity contribution in [2.45, 2.75) is 27.7 Å². The summed E-state index contributed by atoms with van der Waals surface area (Å²) in [5.74, 6) is 0. The molecule has 0 unspecified atom stereocenters. The molecular weight excluding hydrogens is 268 g/mol. The molecule has 2 N–H and O–H groups in total. The molecule has 1 aliphatic heterocycles. The Morgan fingerprint density at radius 2 is 0.864 bits per heavy atom. The van der Waals surface area contributed by atoms with Crippen molar-refractivity contribution in [3.05, 3.63) is 60.7 Å². The second-order valence-electron chi connectivity index (χ2n) is 4.54. The van der Waals surface area contributed by atoms with Crippen molar-refractivity contribution >= 4 is 33.5 Å². The molecule has 0 fully saturated rings. The van der Waals surface area contributed by atoms with Crippen LogP contribution in [0.15, 0.2) is 60.7 Å². The normalized spacial score (nSPS) is 10.5. The van der Waals surface area contributed by atoms with Crippen LogP contribution in [0.2, 0.25) is 0 Å². The molecule has 3 aromatic rings. The zero-order valence-electron chi connectivity index (χ0n) is 13.8. The lowest BCUT2D eigenvalue weighted by Gasteiger charge is -2.23. The maximum atomic E-state index is 3.47. The van der Waals surface area contributed by atoms with Gasteiger partial charge in [-0.3, -0.25) is 0 Å². The van der Waals surface area contributed by atoms with Gasteiger partial charge in [-0.15, -0.1) is 0 Å². The van der Waals surface area contributed by atoms with E-state index in [1.54, 1.807) is 0 Å². The Balaban J connectivity index is 0.000000410. The predicted octanol–water partition coefficient (Wildman–Crippen LogP) is 6.69. The molecule has 0 saturated heterocycles. The number of hydrogen-bond donors (Lipinski definition) is 2. The quantitative estimate of drug-likeness (QED) is 0.377. The minimum atomic E-state index is 1.13. The summed E-state index contributed by atoms with van der Waals surface area (Å²) in [6, 6.07) is 21.0. The number of hydrogen-bond acceptors (Lipinski definition) is 2. The molecule has 1 heterocycles. The predicted molar refractivity (Wildman–Crippen MR) is 99.7 cm³/mol. The number of para-hydroxylation sites is 2. The van der Waals surface area contributed by atoms with Gasteiger partial charge in [0.1, 0.15) is 0 Å². The van der Waals surface area contributed by atoms with Gasteiger partial charge in [-0.25, -0.2) is 0 Å². The summed E-state index contributed by atoms with van der Waals surface area (Å²) in [6.07, 6.45) is 0. The highest BCUT2D eigenvalue weighted by atomic mass is 15.0. The molecule has 114 valence electrons. The molecule has 0 spiro atoms. The lowest BCUT2D eigenvalue weighted by molar-refractivity contribution is 1.46. The van der Waals surface area contributed by atoms with Gasteiger partial charge in [0.2, 0.25) is 0 Å². The molecule has 1 aliphatic rings. The Kier molecular flexibility index (Phi) is 5.42. The molecule has 0 saturated carbocycles. The molecule has 3 aromatic carbocycles. The second-order valence-corrected chi connectivity index (χ2v) is 4.54. The Labute approximate surface area is 133 Å². The summed E-state index contributed by atoms with van der Waals surface area (Å²) < 4.78 is 0. The van der Waals surface area contributed by atoms with Crippen molar-refractivity contribution in [2.75, 3.05) is 10.6 Å². The highest BCUT2D eigenvalue weighted by Crippen LogP contribution is 2.40. The topological polar surface area (TPSA) is 24.1 Å². The van der Waals surface area contributed by atoms with Gasteiger partial charge in [-0.2, -0.15) is 0 Å². The number of anilines is 4. The van der Waals surface area contributed by atoms with Gasteiger partial charge in [-0.05, 0) is 35.0 Å². The van der Waals surface area contributed by atoms with Crippen LogP contribution in [0.4, 0.5) is 22.7 Å². The van der Waals surface area contributed by atoms with E-state index in [9.17, 15) is 0 Å². The summed E-state index contributed by atoms with van der Waals surface area (Å²) in [5.41, 5.74) is 4.51.